The van der Waals surface area contributed by atoms with Crippen molar-refractivity contribution in [2.24, 2.45) is 0 Å². The highest BCUT2D eigenvalue weighted by Gasteiger charge is 2.58. The van der Waals surface area contributed by atoms with Crippen LogP contribution in [0.25, 0.3) is 11.0 Å². The van der Waals surface area contributed by atoms with Crippen LogP contribution in [0.15, 0.2) is 18.2 Å². The smallest absolute Gasteiger partial charge is 0.368 e. The van der Waals surface area contributed by atoms with Crippen molar-refractivity contribution < 1.29 is 33.8 Å². The van der Waals surface area contributed by atoms with Gasteiger partial charge in [-0.2, -0.15) is 0 Å². The first-order valence-corrected chi connectivity index (χ1v) is 9.45. The van der Waals surface area contributed by atoms with Crippen LogP contribution in [0.3, 0.4) is 0 Å². The summed E-state index contributed by atoms with van der Waals surface area (Å²) in [7, 11) is -10.8. The van der Waals surface area contributed by atoms with Crippen LogP contribution >= 0.6 is 15.2 Å². The lowest BCUT2D eigenvalue weighted by atomic mass is 10.1. The first-order valence-electron chi connectivity index (χ1n) is 6.23. The molecule has 0 bridgehead atoms. The van der Waals surface area contributed by atoms with Crippen molar-refractivity contribution in [3.8, 4) is 0 Å². The largest absolute Gasteiger partial charge is 0.369 e. The Bertz CT molecular complexity index is 769. The van der Waals surface area contributed by atoms with E-state index in [0.717, 1.165) is 5.52 Å². The molecule has 122 valence electrons. The van der Waals surface area contributed by atoms with E-state index in [4.69, 9.17) is 19.6 Å². The number of aliphatic hydroxyl groups is 1. The molecule has 2 rings (SSSR count). The van der Waals surface area contributed by atoms with Crippen molar-refractivity contribution in [3.63, 3.8) is 0 Å². The molecule has 0 aliphatic rings. The fraction of sp³-hybridized carbons (Fsp3) is 0.364. The van der Waals surface area contributed by atoms with Gasteiger partial charge in [0.1, 0.15) is 5.82 Å². The van der Waals surface area contributed by atoms with Crippen LogP contribution in [0, 0.1) is 6.92 Å². The minimum atomic E-state index is -5.42. The Morgan fingerprint density at radius 2 is 1.77 bits per heavy atom. The first-order chi connectivity index (χ1) is 9.94. The van der Waals surface area contributed by atoms with Crippen LogP contribution in [0.5, 0.6) is 0 Å². The Hall–Kier alpha value is -1.05. The van der Waals surface area contributed by atoms with Gasteiger partial charge in [0.25, 0.3) is 5.08 Å². The molecule has 11 heteroatoms. The van der Waals surface area contributed by atoms with Crippen LogP contribution in [0.2, 0.25) is 0 Å². The predicted molar refractivity (Wildman–Crippen MR) is 78.2 cm³/mol. The normalized spacial score (nSPS) is 13.7. The predicted octanol–water partition coefficient (Wildman–Crippen LogP) is 0.805. The molecule has 1 aromatic carbocycles. The summed E-state index contributed by atoms with van der Waals surface area (Å²) in [5, 5.41) is 6.42. The van der Waals surface area contributed by atoms with E-state index >= 15 is 0 Å². The number of imidazole rings is 1. The van der Waals surface area contributed by atoms with Crippen LogP contribution < -0.4 is 0 Å². The molecule has 0 fully saturated rings. The lowest BCUT2D eigenvalue weighted by Crippen LogP contribution is -2.29. The Morgan fingerprint density at radius 1 is 1.18 bits per heavy atom. The Kier molecular flexibility index (Phi) is 4.36. The number of aryl methyl sites for hydroxylation is 2. The van der Waals surface area contributed by atoms with Gasteiger partial charge < -0.3 is 29.7 Å². The highest BCUT2D eigenvalue weighted by Crippen LogP contribution is 2.69. The maximum atomic E-state index is 11.3. The van der Waals surface area contributed by atoms with Gasteiger partial charge in [0.2, 0.25) is 0 Å². The summed E-state index contributed by atoms with van der Waals surface area (Å²) in [6, 6.07) is 4.94. The molecule has 0 saturated carbocycles. The number of H-pyrrole nitrogens is 1. The van der Waals surface area contributed by atoms with Gasteiger partial charge in [0.05, 0.1) is 11.0 Å². The highest BCUT2D eigenvalue weighted by molar-refractivity contribution is 7.72. The van der Waals surface area contributed by atoms with Gasteiger partial charge >= 0.3 is 15.2 Å². The average Bonchev–Trinajstić information content (AvgIpc) is 2.72. The van der Waals surface area contributed by atoms with Gasteiger partial charge in [0.15, 0.2) is 0 Å². The van der Waals surface area contributed by atoms with Crippen molar-refractivity contribution in [2.75, 3.05) is 0 Å². The second kappa shape index (κ2) is 5.54. The molecular weight excluding hydrogens is 334 g/mol. The molecule has 2 aromatic rings. The van der Waals surface area contributed by atoms with E-state index in [-0.39, 0.29) is 6.42 Å². The number of hydrogen-bond acceptors (Lipinski definition) is 4. The van der Waals surface area contributed by atoms with E-state index in [1.807, 2.05) is 0 Å². The highest BCUT2D eigenvalue weighted by atomic mass is 31.2. The minimum absolute atomic E-state index is 0.130. The zero-order chi connectivity index (χ0) is 16.8. The van der Waals surface area contributed by atoms with E-state index in [1.54, 1.807) is 25.1 Å². The molecule has 0 aliphatic carbocycles. The van der Waals surface area contributed by atoms with E-state index in [2.05, 4.69) is 9.97 Å². The van der Waals surface area contributed by atoms with Gasteiger partial charge in [-0.3, -0.25) is 9.13 Å². The number of aromatic nitrogens is 2. The topological polar surface area (TPSA) is 164 Å². The summed E-state index contributed by atoms with van der Waals surface area (Å²) >= 11 is 0. The molecule has 1 heterocycles. The third-order valence-corrected chi connectivity index (χ3v) is 7.22. The van der Waals surface area contributed by atoms with E-state index in [0.29, 0.717) is 16.9 Å². The second-order valence-corrected chi connectivity index (χ2v) is 9.04. The molecule has 0 amide bonds. The number of nitrogens with one attached hydrogen (secondary N) is 1. The third kappa shape index (κ3) is 3.16. The molecule has 0 atom stereocenters. The van der Waals surface area contributed by atoms with Gasteiger partial charge in [-0.25, -0.2) is 4.98 Å². The molecule has 6 N–H and O–H groups in total. The van der Waals surface area contributed by atoms with Gasteiger partial charge in [0, 0.05) is 6.42 Å². The molecular formula is C11H16N2O7P2. The van der Waals surface area contributed by atoms with Crippen molar-refractivity contribution in [2.45, 2.75) is 24.8 Å². The van der Waals surface area contributed by atoms with Gasteiger partial charge in [-0.15, -0.1) is 0 Å². The number of rotatable bonds is 5. The maximum Gasteiger partial charge on any atom is 0.369 e. The zero-order valence-corrected chi connectivity index (χ0v) is 13.3. The standard InChI is InChI=1S/C11H16N2O7P2/c1-7-12-9-3-2-8(6-10(9)13-7)4-5-11(14,21(15,16)17)22(18,19)20/h2-3,6,14H,4-5H2,1H3,(H,12,13)(H2,15,16,17)(H2,18,19,20). The fourth-order valence-corrected chi connectivity index (χ4v) is 4.27. The molecule has 1 aromatic heterocycles. The summed E-state index contributed by atoms with van der Waals surface area (Å²) in [6.07, 6.45) is -0.912. The second-order valence-electron chi connectivity index (χ2n) is 5.04. The summed E-state index contributed by atoms with van der Waals surface area (Å²) < 4.78 is 22.5. The zero-order valence-electron chi connectivity index (χ0n) is 11.5. The lowest BCUT2D eigenvalue weighted by molar-refractivity contribution is 0.123. The number of nitrogens with zero attached hydrogens (tertiary/aromatic N) is 1. The van der Waals surface area contributed by atoms with E-state index in [9.17, 15) is 14.2 Å². The summed E-state index contributed by atoms with van der Waals surface area (Å²) in [4.78, 5) is 43.5. The molecule has 0 unspecified atom stereocenters. The van der Waals surface area contributed by atoms with Gasteiger partial charge in [-0.05, 0) is 31.0 Å². The lowest BCUT2D eigenvalue weighted by Gasteiger charge is -2.29. The van der Waals surface area contributed by atoms with E-state index in [1.165, 1.54) is 0 Å². The first kappa shape index (κ1) is 17.3. The number of fused-ring (bicyclic) bond motifs is 1. The Morgan fingerprint density at radius 3 is 2.32 bits per heavy atom. The van der Waals surface area contributed by atoms with Crippen molar-refractivity contribution >= 4 is 26.2 Å². The van der Waals surface area contributed by atoms with Crippen LogP contribution in [0.4, 0.5) is 0 Å². The SMILES string of the molecule is Cc1nc2cc(CCC(O)(P(=O)(O)O)P(=O)(O)O)ccc2[nH]1. The number of hydrogen-bond donors (Lipinski definition) is 6. The Balaban J connectivity index is 2.28. The average molecular weight is 350 g/mol. The maximum absolute atomic E-state index is 11.3. The van der Waals surface area contributed by atoms with Crippen molar-refractivity contribution in [3.05, 3.63) is 29.6 Å². The quantitative estimate of drug-likeness (QED) is 0.431. The molecule has 0 saturated heterocycles. The monoisotopic (exact) mass is 350 g/mol. The minimum Gasteiger partial charge on any atom is -0.368 e. The fourth-order valence-electron chi connectivity index (χ4n) is 2.11. The summed E-state index contributed by atoms with van der Waals surface area (Å²) in [6.45, 7) is 1.76. The van der Waals surface area contributed by atoms with Crippen molar-refractivity contribution in [1.82, 2.24) is 9.97 Å². The molecule has 0 aliphatic heterocycles. The van der Waals surface area contributed by atoms with Crippen LogP contribution in [-0.2, 0) is 15.6 Å². The summed E-state index contributed by atoms with van der Waals surface area (Å²) in [5.41, 5.74) is 1.92. The van der Waals surface area contributed by atoms with Gasteiger partial charge in [-0.1, -0.05) is 6.07 Å². The van der Waals surface area contributed by atoms with Crippen LogP contribution in [0.1, 0.15) is 17.8 Å². The molecule has 0 radical (unpaired) electrons. The summed E-state index contributed by atoms with van der Waals surface area (Å²) in [5.74, 6) is 0.689. The van der Waals surface area contributed by atoms with E-state index < -0.39 is 26.7 Å². The third-order valence-electron chi connectivity index (χ3n) is 3.35. The number of benzene rings is 1. The molecule has 22 heavy (non-hydrogen) atoms. The van der Waals surface area contributed by atoms with Crippen molar-refractivity contribution in [1.29, 1.82) is 0 Å². The molecule has 9 nitrogen and oxygen atoms in total. The Labute approximate surface area is 125 Å². The molecule has 0 spiro atoms. The van der Waals surface area contributed by atoms with Crippen LogP contribution in [-0.4, -0.2) is 39.7 Å². The number of aromatic amines is 1.